The number of nitrogens with one attached hydrogen (secondary N) is 1. The van der Waals surface area contributed by atoms with Gasteiger partial charge in [-0.05, 0) is 55.5 Å². The van der Waals surface area contributed by atoms with Gasteiger partial charge in [-0.3, -0.25) is 4.79 Å². The van der Waals surface area contributed by atoms with Crippen molar-refractivity contribution in [1.82, 2.24) is 5.32 Å². The van der Waals surface area contributed by atoms with E-state index in [2.05, 4.69) is 17.4 Å². The number of carbonyl (C=O) groups is 1. The molecule has 1 amide bonds. The molecule has 2 aromatic carbocycles. The van der Waals surface area contributed by atoms with Crippen LogP contribution in [0.4, 0.5) is 0 Å². The number of halogens is 1. The van der Waals surface area contributed by atoms with Crippen LogP contribution in [0.3, 0.4) is 0 Å². The summed E-state index contributed by atoms with van der Waals surface area (Å²) >= 11 is 6.26. The number of rotatable bonds is 9. The van der Waals surface area contributed by atoms with Crippen molar-refractivity contribution in [3.63, 3.8) is 0 Å². The van der Waals surface area contributed by atoms with Crippen LogP contribution in [0.5, 0.6) is 5.75 Å². The van der Waals surface area contributed by atoms with E-state index in [0.717, 1.165) is 19.3 Å². The molecule has 4 nitrogen and oxygen atoms in total. The Morgan fingerprint density at radius 3 is 2.68 bits per heavy atom. The standard InChI is InChI=1S/C23H25ClN2O2/c1-3-17(2)28-22-12-11-19(15-21(22)24)14-20(16-25)23(27)26-13-7-10-18-8-5-4-6-9-18/h4-6,8-9,11-12,14-15,17H,3,7,10,13H2,1-2H3,(H,26,27)/b20-14-/t17-/m0/s1. The molecule has 0 aliphatic heterocycles. The molecule has 0 fully saturated rings. The Hall–Kier alpha value is -2.77. The fourth-order valence-corrected chi connectivity index (χ4v) is 2.79. The molecule has 1 atom stereocenters. The van der Waals surface area contributed by atoms with Crippen molar-refractivity contribution in [2.45, 2.75) is 39.2 Å². The lowest BCUT2D eigenvalue weighted by atomic mass is 10.1. The largest absolute Gasteiger partial charge is 0.489 e. The molecule has 146 valence electrons. The third-order valence-corrected chi connectivity index (χ3v) is 4.60. The van der Waals surface area contributed by atoms with Gasteiger partial charge in [0.2, 0.25) is 0 Å². The van der Waals surface area contributed by atoms with Crippen molar-refractivity contribution < 1.29 is 9.53 Å². The highest BCUT2D eigenvalue weighted by Crippen LogP contribution is 2.27. The van der Waals surface area contributed by atoms with Gasteiger partial charge in [-0.25, -0.2) is 0 Å². The Kier molecular flexibility index (Phi) is 8.58. The summed E-state index contributed by atoms with van der Waals surface area (Å²) in [6, 6.07) is 17.3. The van der Waals surface area contributed by atoms with Crippen LogP contribution in [0.15, 0.2) is 54.1 Å². The molecule has 0 aromatic heterocycles. The maximum Gasteiger partial charge on any atom is 0.261 e. The molecule has 5 heteroatoms. The highest BCUT2D eigenvalue weighted by atomic mass is 35.5. The molecule has 0 bridgehead atoms. The molecule has 1 N–H and O–H groups in total. The molecule has 0 saturated heterocycles. The lowest BCUT2D eigenvalue weighted by molar-refractivity contribution is -0.117. The number of hydrogen-bond acceptors (Lipinski definition) is 3. The zero-order valence-corrected chi connectivity index (χ0v) is 17.0. The van der Waals surface area contributed by atoms with Gasteiger partial charge in [0.1, 0.15) is 17.4 Å². The minimum atomic E-state index is -0.383. The first-order valence-corrected chi connectivity index (χ1v) is 9.81. The first-order valence-electron chi connectivity index (χ1n) is 9.43. The van der Waals surface area contributed by atoms with E-state index in [1.165, 1.54) is 11.6 Å². The van der Waals surface area contributed by atoms with Gasteiger partial charge < -0.3 is 10.1 Å². The number of carbonyl (C=O) groups excluding carboxylic acids is 1. The lowest BCUT2D eigenvalue weighted by Gasteiger charge is -2.14. The third kappa shape index (κ3) is 6.75. The van der Waals surface area contributed by atoms with Crippen molar-refractivity contribution in [3.8, 4) is 11.8 Å². The minimum Gasteiger partial charge on any atom is -0.489 e. The summed E-state index contributed by atoms with van der Waals surface area (Å²) in [5.41, 5.74) is 1.95. The first-order chi connectivity index (χ1) is 13.5. The Labute approximate surface area is 171 Å². The number of hydrogen-bond donors (Lipinski definition) is 1. The number of benzene rings is 2. The van der Waals surface area contributed by atoms with E-state index in [0.29, 0.717) is 22.9 Å². The SMILES string of the molecule is CC[C@H](C)Oc1ccc(/C=C(/C#N)C(=O)NCCCc2ccccc2)cc1Cl. The first kappa shape index (κ1) is 21.5. The van der Waals surface area contributed by atoms with Gasteiger partial charge in [0, 0.05) is 6.54 Å². The van der Waals surface area contributed by atoms with E-state index in [1.54, 1.807) is 18.2 Å². The monoisotopic (exact) mass is 396 g/mol. The molecule has 2 rings (SSSR count). The predicted molar refractivity (Wildman–Crippen MR) is 113 cm³/mol. The quantitative estimate of drug-likeness (QED) is 0.361. The molecule has 28 heavy (non-hydrogen) atoms. The molecular weight excluding hydrogens is 372 g/mol. The normalized spacial score (nSPS) is 12.1. The molecule has 0 saturated carbocycles. The Balaban J connectivity index is 1.93. The van der Waals surface area contributed by atoms with Crippen LogP contribution in [0.1, 0.15) is 37.8 Å². The molecule has 0 aliphatic rings. The van der Waals surface area contributed by atoms with E-state index in [-0.39, 0.29) is 17.6 Å². The summed E-state index contributed by atoms with van der Waals surface area (Å²) in [5, 5.41) is 12.6. The molecule has 0 unspecified atom stereocenters. The molecule has 2 aromatic rings. The number of nitrogens with zero attached hydrogens (tertiary/aromatic N) is 1. The predicted octanol–water partition coefficient (Wildman–Crippen LogP) is 5.17. The average Bonchev–Trinajstić information content (AvgIpc) is 2.71. The van der Waals surface area contributed by atoms with Crippen LogP contribution in [-0.4, -0.2) is 18.6 Å². The summed E-state index contributed by atoms with van der Waals surface area (Å²) in [5.74, 6) is 0.212. The summed E-state index contributed by atoms with van der Waals surface area (Å²) in [6.45, 7) is 4.52. The van der Waals surface area contributed by atoms with Crippen LogP contribution in [0.2, 0.25) is 5.02 Å². The van der Waals surface area contributed by atoms with Gasteiger partial charge in [-0.15, -0.1) is 0 Å². The molecule has 0 aliphatic carbocycles. The topological polar surface area (TPSA) is 62.1 Å². The van der Waals surface area contributed by atoms with Crippen molar-refractivity contribution in [3.05, 3.63) is 70.3 Å². The summed E-state index contributed by atoms with van der Waals surface area (Å²) in [6.07, 6.45) is 4.16. The fourth-order valence-electron chi connectivity index (χ4n) is 2.55. The van der Waals surface area contributed by atoms with Gasteiger partial charge in [0.15, 0.2) is 0 Å². The third-order valence-electron chi connectivity index (χ3n) is 4.31. The van der Waals surface area contributed by atoms with Gasteiger partial charge in [0.05, 0.1) is 11.1 Å². The zero-order valence-electron chi connectivity index (χ0n) is 16.2. The van der Waals surface area contributed by atoms with E-state index in [9.17, 15) is 10.1 Å². The van der Waals surface area contributed by atoms with E-state index < -0.39 is 0 Å². The Bertz CT molecular complexity index is 857. The fraction of sp³-hybridized carbons (Fsp3) is 0.304. The molecule has 0 heterocycles. The second kappa shape index (κ2) is 11.2. The second-order valence-electron chi connectivity index (χ2n) is 6.54. The lowest BCUT2D eigenvalue weighted by Crippen LogP contribution is -2.25. The highest BCUT2D eigenvalue weighted by molar-refractivity contribution is 6.32. The summed E-state index contributed by atoms with van der Waals surface area (Å²) in [4.78, 5) is 12.3. The molecule has 0 radical (unpaired) electrons. The maximum absolute atomic E-state index is 12.3. The zero-order chi connectivity index (χ0) is 20.4. The maximum atomic E-state index is 12.3. The van der Waals surface area contributed by atoms with Gasteiger partial charge >= 0.3 is 0 Å². The number of aryl methyl sites for hydroxylation is 1. The average molecular weight is 397 g/mol. The van der Waals surface area contributed by atoms with Crippen molar-refractivity contribution in [2.24, 2.45) is 0 Å². The van der Waals surface area contributed by atoms with Crippen LogP contribution in [0.25, 0.3) is 6.08 Å². The van der Waals surface area contributed by atoms with Gasteiger partial charge in [-0.2, -0.15) is 5.26 Å². The minimum absolute atomic E-state index is 0.0476. The van der Waals surface area contributed by atoms with Crippen LogP contribution in [0, 0.1) is 11.3 Å². The second-order valence-corrected chi connectivity index (χ2v) is 6.95. The van der Waals surface area contributed by atoms with Crippen molar-refractivity contribution >= 4 is 23.6 Å². The van der Waals surface area contributed by atoms with E-state index >= 15 is 0 Å². The van der Waals surface area contributed by atoms with E-state index in [1.807, 2.05) is 38.1 Å². The van der Waals surface area contributed by atoms with Gasteiger partial charge in [-0.1, -0.05) is 54.9 Å². The summed E-state index contributed by atoms with van der Waals surface area (Å²) < 4.78 is 5.73. The Morgan fingerprint density at radius 2 is 2.04 bits per heavy atom. The summed E-state index contributed by atoms with van der Waals surface area (Å²) in [7, 11) is 0. The smallest absolute Gasteiger partial charge is 0.261 e. The molecular formula is C23H25ClN2O2. The van der Waals surface area contributed by atoms with Crippen molar-refractivity contribution in [2.75, 3.05) is 6.54 Å². The highest BCUT2D eigenvalue weighted by Gasteiger charge is 2.10. The van der Waals surface area contributed by atoms with Crippen LogP contribution < -0.4 is 10.1 Å². The molecule has 0 spiro atoms. The Morgan fingerprint density at radius 1 is 1.29 bits per heavy atom. The van der Waals surface area contributed by atoms with Crippen LogP contribution >= 0.6 is 11.6 Å². The van der Waals surface area contributed by atoms with Crippen molar-refractivity contribution in [1.29, 1.82) is 5.26 Å². The van der Waals surface area contributed by atoms with Gasteiger partial charge in [0.25, 0.3) is 5.91 Å². The number of nitriles is 1. The van der Waals surface area contributed by atoms with Crippen LogP contribution in [-0.2, 0) is 11.2 Å². The number of amides is 1. The van der Waals surface area contributed by atoms with E-state index in [4.69, 9.17) is 16.3 Å². The number of ether oxygens (including phenoxy) is 1.